The van der Waals surface area contributed by atoms with Gasteiger partial charge in [-0.05, 0) is 17.6 Å². The Hall–Kier alpha value is -3.25. The average molecular weight is 404 g/mol. The van der Waals surface area contributed by atoms with Crippen LogP contribution >= 0.6 is 11.3 Å². The summed E-state index contributed by atoms with van der Waals surface area (Å²) in [6.07, 6.45) is 2.85. The number of hydrogen-bond acceptors (Lipinski definition) is 5. The van der Waals surface area contributed by atoms with E-state index in [9.17, 15) is 9.59 Å². The number of ether oxygens (including phenoxy) is 1. The van der Waals surface area contributed by atoms with Crippen LogP contribution in [0.1, 0.15) is 22.5 Å². The molecule has 1 aromatic heterocycles. The lowest BCUT2D eigenvalue weighted by molar-refractivity contribution is -0.134. The van der Waals surface area contributed by atoms with E-state index in [-0.39, 0.29) is 18.2 Å². The molecule has 1 amide bonds. The molecule has 0 bridgehead atoms. The van der Waals surface area contributed by atoms with Crippen LogP contribution in [0.15, 0.2) is 72.1 Å². The quantitative estimate of drug-likeness (QED) is 0.596. The molecule has 6 heteroatoms. The summed E-state index contributed by atoms with van der Waals surface area (Å²) in [5, 5.41) is 2.41. The van der Waals surface area contributed by atoms with E-state index in [4.69, 9.17) is 4.74 Å². The van der Waals surface area contributed by atoms with Crippen LogP contribution in [0.5, 0.6) is 0 Å². The van der Waals surface area contributed by atoms with Gasteiger partial charge in [0.25, 0.3) is 5.91 Å². The molecule has 0 saturated heterocycles. The summed E-state index contributed by atoms with van der Waals surface area (Å²) in [5.74, 6) is -0.769. The van der Waals surface area contributed by atoms with Crippen LogP contribution in [-0.4, -0.2) is 41.5 Å². The number of benzene rings is 2. The van der Waals surface area contributed by atoms with E-state index in [0.717, 1.165) is 17.0 Å². The molecule has 1 aliphatic heterocycles. The van der Waals surface area contributed by atoms with Crippen LogP contribution < -0.4 is 0 Å². The fourth-order valence-electron chi connectivity index (χ4n) is 3.18. The molecule has 0 spiro atoms. The molecule has 1 aliphatic rings. The van der Waals surface area contributed by atoms with E-state index in [2.05, 4.69) is 23.2 Å². The van der Waals surface area contributed by atoms with Crippen molar-refractivity contribution in [2.45, 2.75) is 6.42 Å². The number of thiazole rings is 1. The summed E-state index contributed by atoms with van der Waals surface area (Å²) >= 11 is 1.38. The fraction of sp³-hybridized carbons (Fsp3) is 0.174. The Morgan fingerprint density at radius 2 is 1.69 bits per heavy atom. The Bertz CT molecular complexity index is 1030. The molecular formula is C23H20N2O3S. The van der Waals surface area contributed by atoms with E-state index in [0.29, 0.717) is 13.1 Å². The highest BCUT2D eigenvalue weighted by atomic mass is 32.1. The lowest BCUT2D eigenvalue weighted by Crippen LogP contribution is -2.37. The molecule has 2 aromatic carbocycles. The van der Waals surface area contributed by atoms with Crippen molar-refractivity contribution < 1.29 is 14.3 Å². The van der Waals surface area contributed by atoms with Gasteiger partial charge in [-0.25, -0.2) is 9.78 Å². The predicted octanol–water partition coefficient (Wildman–Crippen LogP) is 4.28. The van der Waals surface area contributed by atoms with E-state index < -0.39 is 5.97 Å². The molecule has 3 aromatic rings. The summed E-state index contributed by atoms with van der Waals surface area (Å²) < 4.78 is 5.20. The van der Waals surface area contributed by atoms with Crippen molar-refractivity contribution in [1.82, 2.24) is 9.88 Å². The number of rotatable bonds is 5. The summed E-state index contributed by atoms with van der Waals surface area (Å²) in [6.45, 7) is 0.868. The van der Waals surface area contributed by atoms with Crippen LogP contribution in [0.2, 0.25) is 0 Å². The maximum Gasteiger partial charge on any atom is 0.358 e. The maximum atomic E-state index is 12.4. The zero-order chi connectivity index (χ0) is 20.1. The number of hydrogen-bond donors (Lipinski definition) is 0. The predicted molar refractivity (Wildman–Crippen MR) is 113 cm³/mol. The minimum atomic E-state index is -0.575. The first kappa shape index (κ1) is 19.1. The van der Waals surface area contributed by atoms with Crippen LogP contribution in [-0.2, 0) is 9.53 Å². The lowest BCUT2D eigenvalue weighted by atomic mass is 10.00. The third-order valence-electron chi connectivity index (χ3n) is 4.77. The Kier molecular flexibility index (Phi) is 5.81. The summed E-state index contributed by atoms with van der Waals surface area (Å²) in [7, 11) is 0. The zero-order valence-electron chi connectivity index (χ0n) is 15.8. The van der Waals surface area contributed by atoms with Gasteiger partial charge in [-0.1, -0.05) is 66.7 Å². The van der Waals surface area contributed by atoms with Crippen LogP contribution in [0.4, 0.5) is 0 Å². The van der Waals surface area contributed by atoms with E-state index >= 15 is 0 Å². The van der Waals surface area contributed by atoms with Crippen LogP contribution in [0, 0.1) is 0 Å². The molecule has 0 fully saturated rings. The molecule has 4 rings (SSSR count). The average Bonchev–Trinajstić information content (AvgIpc) is 3.29. The second-order valence-electron chi connectivity index (χ2n) is 6.67. The van der Waals surface area contributed by atoms with Crippen molar-refractivity contribution in [2.24, 2.45) is 0 Å². The molecule has 29 heavy (non-hydrogen) atoms. The normalized spacial score (nSPS) is 13.7. The van der Waals surface area contributed by atoms with Gasteiger partial charge in [-0.15, -0.1) is 11.3 Å². The highest BCUT2D eigenvalue weighted by molar-refractivity contribution is 7.13. The number of carbonyl (C=O) groups is 2. The second kappa shape index (κ2) is 8.84. The standard InChI is InChI=1S/C23H20N2O3S/c26-21(25-13-11-18(12-14-25)17-7-3-1-4-8-17)15-28-23(27)20-16-29-22(24-20)19-9-5-2-6-10-19/h1-11,16H,12-15H2. The summed E-state index contributed by atoms with van der Waals surface area (Å²) in [5.41, 5.74) is 3.60. The van der Waals surface area contributed by atoms with Crippen LogP contribution in [0.25, 0.3) is 16.1 Å². The van der Waals surface area contributed by atoms with Gasteiger partial charge in [-0.3, -0.25) is 4.79 Å². The Labute approximate surface area is 173 Å². The van der Waals surface area contributed by atoms with Crippen molar-refractivity contribution in [3.8, 4) is 10.6 Å². The molecule has 0 atom stereocenters. The molecule has 0 N–H and O–H groups in total. The minimum absolute atomic E-state index is 0.194. The molecule has 0 radical (unpaired) electrons. The second-order valence-corrected chi connectivity index (χ2v) is 7.52. The molecule has 0 aliphatic carbocycles. The smallest absolute Gasteiger partial charge is 0.358 e. The van der Waals surface area contributed by atoms with Crippen molar-refractivity contribution in [1.29, 1.82) is 0 Å². The van der Waals surface area contributed by atoms with Crippen molar-refractivity contribution in [3.63, 3.8) is 0 Å². The topological polar surface area (TPSA) is 59.5 Å². The highest BCUT2D eigenvalue weighted by Gasteiger charge is 2.20. The third kappa shape index (κ3) is 4.60. The monoisotopic (exact) mass is 404 g/mol. The number of aromatic nitrogens is 1. The number of nitrogens with zero attached hydrogens (tertiary/aromatic N) is 2. The molecule has 0 saturated carbocycles. The van der Waals surface area contributed by atoms with Gasteiger partial charge in [0.2, 0.25) is 0 Å². The third-order valence-corrected chi connectivity index (χ3v) is 5.66. The highest BCUT2D eigenvalue weighted by Crippen LogP contribution is 2.24. The minimum Gasteiger partial charge on any atom is -0.451 e. The fourth-order valence-corrected chi connectivity index (χ4v) is 3.98. The molecule has 0 unspecified atom stereocenters. The zero-order valence-corrected chi connectivity index (χ0v) is 16.6. The van der Waals surface area contributed by atoms with Gasteiger partial charge < -0.3 is 9.64 Å². The van der Waals surface area contributed by atoms with Gasteiger partial charge in [0.1, 0.15) is 5.01 Å². The first-order valence-corrected chi connectivity index (χ1v) is 10.3. The van der Waals surface area contributed by atoms with Gasteiger partial charge in [0, 0.05) is 24.0 Å². The lowest BCUT2D eigenvalue weighted by Gasteiger charge is -2.26. The van der Waals surface area contributed by atoms with Gasteiger partial charge >= 0.3 is 5.97 Å². The first-order chi connectivity index (χ1) is 14.2. The van der Waals surface area contributed by atoms with Gasteiger partial charge in [0.05, 0.1) is 0 Å². The Morgan fingerprint density at radius 3 is 2.34 bits per heavy atom. The maximum absolute atomic E-state index is 12.4. The summed E-state index contributed by atoms with van der Waals surface area (Å²) in [4.78, 5) is 30.7. The van der Waals surface area contributed by atoms with Crippen molar-refractivity contribution >= 4 is 28.8 Å². The molecule has 2 heterocycles. The Balaban J connectivity index is 1.30. The van der Waals surface area contributed by atoms with Crippen molar-refractivity contribution in [2.75, 3.05) is 19.7 Å². The SMILES string of the molecule is O=C(OCC(=O)N1CC=C(c2ccccc2)CC1)c1csc(-c2ccccc2)n1. The Morgan fingerprint density at radius 1 is 1.00 bits per heavy atom. The number of carbonyl (C=O) groups excluding carboxylic acids is 2. The molecule has 146 valence electrons. The molecule has 5 nitrogen and oxygen atoms in total. The first-order valence-electron chi connectivity index (χ1n) is 9.41. The molecular weight excluding hydrogens is 384 g/mol. The van der Waals surface area contributed by atoms with Gasteiger partial charge in [0.15, 0.2) is 12.3 Å². The number of amides is 1. The van der Waals surface area contributed by atoms with Gasteiger partial charge in [-0.2, -0.15) is 0 Å². The van der Waals surface area contributed by atoms with Crippen molar-refractivity contribution in [3.05, 3.63) is 83.4 Å². The number of esters is 1. The van der Waals surface area contributed by atoms with E-state index in [1.54, 1.807) is 10.3 Å². The summed E-state index contributed by atoms with van der Waals surface area (Å²) in [6, 6.07) is 19.8. The van der Waals surface area contributed by atoms with Crippen LogP contribution in [0.3, 0.4) is 0 Å². The van der Waals surface area contributed by atoms with E-state index in [1.165, 1.54) is 22.5 Å². The van der Waals surface area contributed by atoms with E-state index in [1.807, 2.05) is 48.5 Å². The largest absolute Gasteiger partial charge is 0.451 e.